The summed E-state index contributed by atoms with van der Waals surface area (Å²) in [6.07, 6.45) is 0.654. The fourth-order valence-electron chi connectivity index (χ4n) is 1.55. The predicted octanol–water partition coefficient (Wildman–Crippen LogP) is 2.40. The lowest BCUT2D eigenvalue weighted by atomic mass is 10.1. The van der Waals surface area contributed by atoms with Gasteiger partial charge in [-0.2, -0.15) is 0 Å². The van der Waals surface area contributed by atoms with Crippen molar-refractivity contribution in [2.24, 2.45) is 0 Å². The lowest BCUT2D eigenvalue weighted by molar-refractivity contribution is 0.112. The van der Waals surface area contributed by atoms with E-state index in [4.69, 9.17) is 0 Å². The number of anilines is 1. The lowest BCUT2D eigenvalue weighted by Gasteiger charge is -2.04. The number of benzene rings is 2. The van der Waals surface area contributed by atoms with Gasteiger partial charge in [-0.1, -0.05) is 6.07 Å². The van der Waals surface area contributed by atoms with Crippen molar-refractivity contribution in [2.75, 3.05) is 12.4 Å². The standard InChI is InChI=1S/C12H11NO2/c1-13-11-3-2-8-4-10(7-14)12(15)6-9(8)5-11/h2-7,13,15H,1H3. The molecule has 0 saturated carbocycles. The molecule has 0 spiro atoms. The Kier molecular flexibility index (Phi) is 2.29. The first-order chi connectivity index (χ1) is 7.24. The van der Waals surface area contributed by atoms with Gasteiger partial charge in [0.15, 0.2) is 6.29 Å². The smallest absolute Gasteiger partial charge is 0.153 e. The number of aromatic hydroxyl groups is 1. The van der Waals surface area contributed by atoms with E-state index < -0.39 is 0 Å². The molecular formula is C12H11NO2. The summed E-state index contributed by atoms with van der Waals surface area (Å²) in [5.74, 6) is 0.0192. The van der Waals surface area contributed by atoms with E-state index in [1.54, 1.807) is 12.1 Å². The normalized spacial score (nSPS) is 10.2. The minimum absolute atomic E-state index is 0.0192. The van der Waals surface area contributed by atoms with Crippen molar-refractivity contribution in [3.63, 3.8) is 0 Å². The molecule has 2 aromatic rings. The molecule has 0 amide bonds. The Morgan fingerprint density at radius 1 is 1.20 bits per heavy atom. The second-order valence-corrected chi connectivity index (χ2v) is 3.34. The van der Waals surface area contributed by atoms with Crippen molar-refractivity contribution in [1.82, 2.24) is 0 Å². The average molecular weight is 201 g/mol. The third-order valence-corrected chi connectivity index (χ3v) is 2.40. The van der Waals surface area contributed by atoms with Crippen LogP contribution in [-0.4, -0.2) is 18.4 Å². The van der Waals surface area contributed by atoms with E-state index >= 15 is 0 Å². The van der Waals surface area contributed by atoms with Crippen LogP contribution in [0.15, 0.2) is 30.3 Å². The summed E-state index contributed by atoms with van der Waals surface area (Å²) < 4.78 is 0. The largest absolute Gasteiger partial charge is 0.507 e. The maximum absolute atomic E-state index is 10.6. The fourth-order valence-corrected chi connectivity index (χ4v) is 1.55. The van der Waals surface area contributed by atoms with Gasteiger partial charge in [-0.05, 0) is 35.0 Å². The number of aldehydes is 1. The molecule has 3 heteroatoms. The van der Waals surface area contributed by atoms with E-state index in [1.165, 1.54) is 0 Å². The van der Waals surface area contributed by atoms with Crippen molar-refractivity contribution in [1.29, 1.82) is 0 Å². The zero-order chi connectivity index (χ0) is 10.8. The molecule has 0 aliphatic carbocycles. The van der Waals surface area contributed by atoms with Crippen LogP contribution in [0.1, 0.15) is 10.4 Å². The van der Waals surface area contributed by atoms with Crippen LogP contribution in [0, 0.1) is 0 Å². The molecule has 3 nitrogen and oxygen atoms in total. The molecule has 0 fully saturated rings. The van der Waals surface area contributed by atoms with Crippen molar-refractivity contribution >= 4 is 22.7 Å². The highest BCUT2D eigenvalue weighted by atomic mass is 16.3. The lowest BCUT2D eigenvalue weighted by Crippen LogP contribution is -1.88. The van der Waals surface area contributed by atoms with Crippen LogP contribution in [0.5, 0.6) is 5.75 Å². The van der Waals surface area contributed by atoms with Crippen LogP contribution in [0.2, 0.25) is 0 Å². The van der Waals surface area contributed by atoms with E-state index in [2.05, 4.69) is 5.32 Å². The van der Waals surface area contributed by atoms with Crippen LogP contribution >= 0.6 is 0 Å². The molecule has 2 rings (SSSR count). The second-order valence-electron chi connectivity index (χ2n) is 3.34. The number of fused-ring (bicyclic) bond motifs is 1. The van der Waals surface area contributed by atoms with Gasteiger partial charge in [0.2, 0.25) is 0 Å². The molecule has 0 heterocycles. The number of carbonyl (C=O) groups excluding carboxylic acids is 1. The Hall–Kier alpha value is -2.03. The van der Waals surface area contributed by atoms with E-state index in [1.807, 2.05) is 25.2 Å². The van der Waals surface area contributed by atoms with Gasteiger partial charge in [-0.3, -0.25) is 4.79 Å². The average Bonchev–Trinajstić information content (AvgIpc) is 2.27. The molecule has 0 unspecified atom stereocenters. The Morgan fingerprint density at radius 2 is 2.00 bits per heavy atom. The molecule has 0 saturated heterocycles. The van der Waals surface area contributed by atoms with Crippen LogP contribution in [0.3, 0.4) is 0 Å². The van der Waals surface area contributed by atoms with Gasteiger partial charge >= 0.3 is 0 Å². The summed E-state index contributed by atoms with van der Waals surface area (Å²) in [5.41, 5.74) is 1.29. The molecule has 2 N–H and O–H groups in total. The van der Waals surface area contributed by atoms with E-state index in [0.717, 1.165) is 16.5 Å². The molecule has 0 atom stereocenters. The highest BCUT2D eigenvalue weighted by Crippen LogP contribution is 2.26. The van der Waals surface area contributed by atoms with Gasteiger partial charge in [-0.15, -0.1) is 0 Å². The second kappa shape index (κ2) is 3.61. The Bertz CT molecular complexity index is 520. The highest BCUT2D eigenvalue weighted by molar-refractivity contribution is 5.93. The quantitative estimate of drug-likeness (QED) is 0.733. The third-order valence-electron chi connectivity index (χ3n) is 2.40. The van der Waals surface area contributed by atoms with Gasteiger partial charge in [0.05, 0.1) is 5.56 Å². The Balaban J connectivity index is 2.70. The first-order valence-corrected chi connectivity index (χ1v) is 4.64. The van der Waals surface area contributed by atoms with E-state index in [0.29, 0.717) is 11.8 Å². The van der Waals surface area contributed by atoms with Crippen molar-refractivity contribution < 1.29 is 9.90 Å². The van der Waals surface area contributed by atoms with Crippen molar-refractivity contribution in [3.05, 3.63) is 35.9 Å². The maximum Gasteiger partial charge on any atom is 0.153 e. The minimum atomic E-state index is 0.0192. The van der Waals surface area contributed by atoms with Crippen molar-refractivity contribution in [2.45, 2.75) is 0 Å². The summed E-state index contributed by atoms with van der Waals surface area (Å²) in [4.78, 5) is 10.6. The molecular weight excluding hydrogens is 190 g/mol. The van der Waals surface area contributed by atoms with Crippen LogP contribution < -0.4 is 5.32 Å². The summed E-state index contributed by atoms with van der Waals surface area (Å²) in [6.45, 7) is 0. The zero-order valence-electron chi connectivity index (χ0n) is 8.32. The number of phenols is 1. The number of rotatable bonds is 2. The van der Waals surface area contributed by atoms with Crippen molar-refractivity contribution in [3.8, 4) is 5.75 Å². The number of hydrogen-bond acceptors (Lipinski definition) is 3. The zero-order valence-corrected chi connectivity index (χ0v) is 8.32. The van der Waals surface area contributed by atoms with Gasteiger partial charge in [0.1, 0.15) is 5.75 Å². The number of hydrogen-bond donors (Lipinski definition) is 2. The number of carbonyl (C=O) groups is 1. The van der Waals surface area contributed by atoms with Crippen LogP contribution in [-0.2, 0) is 0 Å². The molecule has 2 aromatic carbocycles. The Labute approximate surface area is 87.3 Å². The van der Waals surface area contributed by atoms with Gasteiger partial charge in [-0.25, -0.2) is 0 Å². The van der Waals surface area contributed by atoms with E-state index in [9.17, 15) is 9.90 Å². The van der Waals surface area contributed by atoms with E-state index in [-0.39, 0.29) is 5.75 Å². The summed E-state index contributed by atoms with van der Waals surface area (Å²) in [7, 11) is 1.83. The molecule has 0 radical (unpaired) electrons. The molecule has 0 aliphatic rings. The molecule has 0 bridgehead atoms. The highest BCUT2D eigenvalue weighted by Gasteiger charge is 2.03. The number of nitrogens with one attached hydrogen (secondary N) is 1. The fraction of sp³-hybridized carbons (Fsp3) is 0.0833. The first kappa shape index (κ1) is 9.52. The molecule has 76 valence electrons. The van der Waals surface area contributed by atoms with Gasteiger partial charge in [0, 0.05) is 12.7 Å². The monoisotopic (exact) mass is 201 g/mol. The van der Waals surface area contributed by atoms with Crippen LogP contribution in [0.25, 0.3) is 10.8 Å². The number of phenolic OH excluding ortho intramolecular Hbond substituents is 1. The molecule has 0 aliphatic heterocycles. The summed E-state index contributed by atoms with van der Waals surface area (Å²) >= 11 is 0. The summed E-state index contributed by atoms with van der Waals surface area (Å²) in [5, 5.41) is 14.4. The minimum Gasteiger partial charge on any atom is -0.507 e. The topological polar surface area (TPSA) is 49.3 Å². The van der Waals surface area contributed by atoms with Gasteiger partial charge < -0.3 is 10.4 Å². The predicted molar refractivity (Wildman–Crippen MR) is 60.5 cm³/mol. The SMILES string of the molecule is CNc1ccc2cc(C=O)c(O)cc2c1. The van der Waals surface area contributed by atoms with Crippen LogP contribution in [0.4, 0.5) is 5.69 Å². The third kappa shape index (κ3) is 1.64. The molecule has 0 aromatic heterocycles. The van der Waals surface area contributed by atoms with Gasteiger partial charge in [0.25, 0.3) is 0 Å². The maximum atomic E-state index is 10.6. The first-order valence-electron chi connectivity index (χ1n) is 4.64. The summed E-state index contributed by atoms with van der Waals surface area (Å²) in [6, 6.07) is 9.03. The molecule has 15 heavy (non-hydrogen) atoms. The Morgan fingerprint density at radius 3 is 2.67 bits per heavy atom.